The number of ketones is 1. The van der Waals surface area contributed by atoms with Gasteiger partial charge in [-0.2, -0.15) is 0 Å². The highest BCUT2D eigenvalue weighted by atomic mass is 16.5. The summed E-state index contributed by atoms with van der Waals surface area (Å²) in [6.45, 7) is 9.60. The average Bonchev–Trinajstić information content (AvgIpc) is 2.93. The third-order valence-electron chi connectivity index (χ3n) is 5.37. The second-order valence-electron chi connectivity index (χ2n) is 7.03. The molecule has 8 nitrogen and oxygen atoms in total. The summed E-state index contributed by atoms with van der Waals surface area (Å²) >= 11 is 0. The summed E-state index contributed by atoms with van der Waals surface area (Å²) in [5.74, 6) is -0.693. The van der Waals surface area contributed by atoms with E-state index >= 15 is 0 Å². The first-order valence-corrected chi connectivity index (χ1v) is 9.67. The van der Waals surface area contributed by atoms with E-state index in [1.165, 1.54) is 7.11 Å². The van der Waals surface area contributed by atoms with Gasteiger partial charge in [0.1, 0.15) is 5.69 Å². The van der Waals surface area contributed by atoms with Gasteiger partial charge < -0.3 is 18.9 Å². The average molecular weight is 393 g/mol. The van der Waals surface area contributed by atoms with Crippen molar-refractivity contribution in [2.24, 2.45) is 7.05 Å². The Hall–Kier alpha value is -2.19. The molecule has 1 aliphatic heterocycles. The molecule has 0 radical (unpaired) electrons. The predicted octanol–water partition coefficient (Wildman–Crippen LogP) is 1.18. The number of carbonyl (C=O) groups excluding carboxylic acids is 3. The first kappa shape index (κ1) is 22.1. The van der Waals surface area contributed by atoms with Crippen LogP contribution in [0.3, 0.4) is 0 Å². The maximum Gasteiger partial charge on any atom is 0.354 e. The van der Waals surface area contributed by atoms with Crippen LogP contribution in [-0.2, 0) is 21.3 Å². The maximum absolute atomic E-state index is 13.1. The third-order valence-corrected chi connectivity index (χ3v) is 5.37. The zero-order valence-electron chi connectivity index (χ0n) is 17.5. The lowest BCUT2D eigenvalue weighted by Gasteiger charge is -2.29. The second-order valence-corrected chi connectivity index (χ2v) is 7.03. The standard InChI is InChI=1S/C20H31N3O5/c1-6-17(25)23(8-7-22-9-11-28-12-10-22)13-16(24)18-14(2)19(20(26)27-5)21(4)15(18)3/h6-13H2,1-5H3. The van der Waals surface area contributed by atoms with E-state index in [2.05, 4.69) is 4.90 Å². The summed E-state index contributed by atoms with van der Waals surface area (Å²) in [5.41, 5.74) is 2.14. The van der Waals surface area contributed by atoms with E-state index < -0.39 is 5.97 Å². The molecule has 156 valence electrons. The Morgan fingerprint density at radius 2 is 1.82 bits per heavy atom. The van der Waals surface area contributed by atoms with E-state index in [0.29, 0.717) is 55.2 Å². The Balaban J connectivity index is 2.16. The van der Waals surface area contributed by atoms with E-state index in [1.807, 2.05) is 0 Å². The van der Waals surface area contributed by atoms with Crippen molar-refractivity contribution >= 4 is 17.7 Å². The lowest BCUT2D eigenvalue weighted by molar-refractivity contribution is -0.130. The smallest absolute Gasteiger partial charge is 0.354 e. The monoisotopic (exact) mass is 393 g/mol. The molecule has 2 rings (SSSR count). The normalized spacial score (nSPS) is 14.8. The van der Waals surface area contributed by atoms with Gasteiger partial charge in [-0.25, -0.2) is 4.79 Å². The van der Waals surface area contributed by atoms with Crippen molar-refractivity contribution < 1.29 is 23.9 Å². The largest absolute Gasteiger partial charge is 0.464 e. The van der Waals surface area contributed by atoms with Crippen LogP contribution in [0.1, 0.15) is 45.4 Å². The van der Waals surface area contributed by atoms with Gasteiger partial charge in [-0.15, -0.1) is 0 Å². The molecule has 0 aromatic carbocycles. The van der Waals surface area contributed by atoms with E-state index in [0.717, 1.165) is 13.1 Å². The number of esters is 1. The SMILES string of the molecule is CCC(=O)N(CCN1CCOCC1)CC(=O)c1c(C)c(C(=O)OC)n(C)c1C. The summed E-state index contributed by atoms with van der Waals surface area (Å²) in [6, 6.07) is 0. The number of nitrogens with zero attached hydrogens (tertiary/aromatic N) is 3. The number of carbonyl (C=O) groups is 3. The van der Waals surface area contributed by atoms with E-state index in [9.17, 15) is 14.4 Å². The van der Waals surface area contributed by atoms with Crippen molar-refractivity contribution in [3.8, 4) is 0 Å². The minimum atomic E-state index is -0.476. The molecule has 1 fully saturated rings. The van der Waals surface area contributed by atoms with Crippen molar-refractivity contribution in [3.05, 3.63) is 22.5 Å². The van der Waals surface area contributed by atoms with Crippen LogP contribution in [0.5, 0.6) is 0 Å². The Morgan fingerprint density at radius 1 is 1.18 bits per heavy atom. The number of rotatable bonds is 8. The van der Waals surface area contributed by atoms with Gasteiger partial charge in [-0.1, -0.05) is 6.92 Å². The van der Waals surface area contributed by atoms with Gasteiger partial charge in [-0.05, 0) is 19.4 Å². The number of ether oxygens (including phenoxy) is 2. The number of methoxy groups -OCH3 is 1. The predicted molar refractivity (Wildman–Crippen MR) is 105 cm³/mol. The quantitative estimate of drug-likeness (QED) is 0.487. The number of aromatic nitrogens is 1. The number of morpholine rings is 1. The highest BCUT2D eigenvalue weighted by Crippen LogP contribution is 2.23. The van der Waals surface area contributed by atoms with E-state index in [-0.39, 0.29) is 18.2 Å². The fourth-order valence-corrected chi connectivity index (χ4v) is 3.63. The molecule has 28 heavy (non-hydrogen) atoms. The Kier molecular flexibility index (Phi) is 7.77. The van der Waals surface area contributed by atoms with Crippen molar-refractivity contribution in [1.29, 1.82) is 0 Å². The number of hydrogen-bond donors (Lipinski definition) is 0. The Labute approximate surface area is 166 Å². The summed E-state index contributed by atoms with van der Waals surface area (Å²) in [5, 5.41) is 0. The number of Topliss-reactive ketones (excluding diaryl/α,β-unsaturated/α-hetero) is 1. The Bertz CT molecular complexity index is 735. The van der Waals surface area contributed by atoms with Gasteiger partial charge >= 0.3 is 5.97 Å². The van der Waals surface area contributed by atoms with Crippen LogP contribution in [0.2, 0.25) is 0 Å². The van der Waals surface area contributed by atoms with Crippen molar-refractivity contribution in [3.63, 3.8) is 0 Å². The van der Waals surface area contributed by atoms with Crippen molar-refractivity contribution in [1.82, 2.24) is 14.4 Å². The lowest BCUT2D eigenvalue weighted by Crippen LogP contribution is -2.44. The zero-order valence-corrected chi connectivity index (χ0v) is 17.5. The van der Waals surface area contributed by atoms with Gasteiger partial charge in [0.05, 0.1) is 26.9 Å². The number of hydrogen-bond acceptors (Lipinski definition) is 6. The van der Waals surface area contributed by atoms with Crippen LogP contribution >= 0.6 is 0 Å². The third kappa shape index (κ3) is 4.80. The maximum atomic E-state index is 13.1. The van der Waals surface area contributed by atoms with Crippen molar-refractivity contribution in [2.45, 2.75) is 27.2 Å². The molecule has 0 atom stereocenters. The van der Waals surface area contributed by atoms with Crippen molar-refractivity contribution in [2.75, 3.05) is 53.0 Å². The molecule has 0 unspecified atom stereocenters. The van der Waals surface area contributed by atoms with Gasteiger partial charge in [0.25, 0.3) is 0 Å². The highest BCUT2D eigenvalue weighted by molar-refractivity contribution is 6.04. The Morgan fingerprint density at radius 3 is 2.39 bits per heavy atom. The molecule has 1 saturated heterocycles. The topological polar surface area (TPSA) is 81.1 Å². The summed E-state index contributed by atoms with van der Waals surface area (Å²) in [4.78, 5) is 41.4. The summed E-state index contributed by atoms with van der Waals surface area (Å²) < 4.78 is 11.9. The molecular formula is C20H31N3O5. The van der Waals surface area contributed by atoms with Gasteiger partial charge in [-0.3, -0.25) is 14.5 Å². The highest BCUT2D eigenvalue weighted by Gasteiger charge is 2.27. The van der Waals surface area contributed by atoms with Gasteiger partial charge in [0.15, 0.2) is 5.78 Å². The van der Waals surface area contributed by atoms with Crippen LogP contribution in [0.4, 0.5) is 0 Å². The summed E-state index contributed by atoms with van der Waals surface area (Å²) in [6.07, 6.45) is 0.344. The molecule has 1 aliphatic rings. The molecular weight excluding hydrogens is 362 g/mol. The molecule has 0 spiro atoms. The molecule has 1 aromatic heterocycles. The van der Waals surface area contributed by atoms with E-state index in [1.54, 1.807) is 37.3 Å². The fourth-order valence-electron chi connectivity index (χ4n) is 3.63. The van der Waals surface area contributed by atoms with E-state index in [4.69, 9.17) is 9.47 Å². The van der Waals surface area contributed by atoms with Crippen LogP contribution in [0.15, 0.2) is 0 Å². The molecule has 2 heterocycles. The first-order chi connectivity index (χ1) is 13.3. The first-order valence-electron chi connectivity index (χ1n) is 9.67. The van der Waals surface area contributed by atoms with Crippen LogP contribution in [0, 0.1) is 13.8 Å². The molecule has 1 amide bonds. The molecule has 0 aliphatic carbocycles. The number of amides is 1. The van der Waals surface area contributed by atoms with Crippen LogP contribution in [0.25, 0.3) is 0 Å². The van der Waals surface area contributed by atoms with Gasteiger partial charge in [0, 0.05) is 50.9 Å². The van der Waals surface area contributed by atoms with Crippen LogP contribution < -0.4 is 0 Å². The lowest BCUT2D eigenvalue weighted by atomic mass is 10.0. The molecule has 0 N–H and O–H groups in total. The molecule has 8 heteroatoms. The minimum absolute atomic E-state index is 0.00329. The van der Waals surface area contributed by atoms with Crippen LogP contribution in [-0.4, -0.2) is 85.1 Å². The summed E-state index contributed by atoms with van der Waals surface area (Å²) in [7, 11) is 3.05. The molecule has 1 aromatic rings. The van der Waals surface area contributed by atoms with Gasteiger partial charge in [0.2, 0.25) is 5.91 Å². The second kappa shape index (κ2) is 9.84. The molecule has 0 saturated carbocycles. The minimum Gasteiger partial charge on any atom is -0.464 e. The fraction of sp³-hybridized carbons (Fsp3) is 0.650. The zero-order chi connectivity index (χ0) is 20.8. The molecule has 0 bridgehead atoms.